The number of nitrogens with zero attached hydrogens (tertiary/aromatic N) is 4. The Balaban J connectivity index is 1.65. The number of fused-ring (bicyclic) bond motifs is 1. The van der Waals surface area contributed by atoms with E-state index in [2.05, 4.69) is 15.4 Å². The van der Waals surface area contributed by atoms with Crippen LogP contribution in [0.5, 0.6) is 0 Å². The third-order valence-corrected chi connectivity index (χ3v) is 5.85. The Morgan fingerprint density at radius 3 is 2.67 bits per heavy atom. The maximum absolute atomic E-state index is 15.6. The number of hydrogen-bond acceptors (Lipinski definition) is 6. The van der Waals surface area contributed by atoms with Crippen LogP contribution in [0.2, 0.25) is 0 Å². The quantitative estimate of drug-likeness (QED) is 0.593. The second-order valence-electron chi connectivity index (χ2n) is 7.76. The minimum absolute atomic E-state index is 0.0618. The highest BCUT2D eigenvalue weighted by Gasteiger charge is 2.34. The molecule has 2 aliphatic rings. The predicted octanol–water partition coefficient (Wildman–Crippen LogP) is 2.01. The summed E-state index contributed by atoms with van der Waals surface area (Å²) in [7, 11) is 0. The molecule has 1 aliphatic heterocycles. The van der Waals surface area contributed by atoms with Gasteiger partial charge in [0.05, 0.1) is 10.9 Å². The van der Waals surface area contributed by atoms with Crippen molar-refractivity contribution in [3.05, 3.63) is 45.4 Å². The number of benzene rings is 1. The number of nitrogens with one attached hydrogen (secondary N) is 1. The fourth-order valence-electron chi connectivity index (χ4n) is 4.25. The number of hydrogen-bond donors (Lipinski definition) is 3. The first-order chi connectivity index (χ1) is 14.4. The molecule has 0 bridgehead atoms. The number of carbonyl (C=O) groups is 1. The lowest BCUT2D eigenvalue weighted by molar-refractivity contribution is 0.0694. The number of nitrogens with two attached hydrogens (primary N) is 1. The highest BCUT2D eigenvalue weighted by Crippen LogP contribution is 2.41. The summed E-state index contributed by atoms with van der Waals surface area (Å²) in [6.45, 7) is 0.661. The molecule has 11 heteroatoms. The third kappa shape index (κ3) is 2.72. The number of rotatable bonds is 4. The van der Waals surface area contributed by atoms with E-state index in [1.54, 1.807) is 4.90 Å². The molecule has 0 spiro atoms. The molecule has 2 fully saturated rings. The van der Waals surface area contributed by atoms with E-state index in [1.165, 1.54) is 4.57 Å². The summed E-state index contributed by atoms with van der Waals surface area (Å²) in [6.07, 6.45) is 3.22. The predicted molar refractivity (Wildman–Crippen MR) is 104 cm³/mol. The van der Waals surface area contributed by atoms with Gasteiger partial charge in [-0.15, -0.1) is 5.10 Å². The number of halogens is 2. The fraction of sp³-hybridized carbons (Fsp3) is 0.368. The molecule has 30 heavy (non-hydrogen) atoms. The number of anilines is 2. The number of aromatic amines is 1. The zero-order valence-corrected chi connectivity index (χ0v) is 15.7. The zero-order valence-electron chi connectivity index (χ0n) is 15.7. The number of aromatic nitrogens is 4. The van der Waals surface area contributed by atoms with E-state index in [-0.39, 0.29) is 40.9 Å². The topological polar surface area (TPSA) is 130 Å². The average molecular weight is 416 g/mol. The van der Waals surface area contributed by atoms with Gasteiger partial charge in [0.15, 0.2) is 11.6 Å². The minimum Gasteiger partial charge on any atom is -0.477 e. The first-order valence-electron chi connectivity index (χ1n) is 9.58. The molecule has 5 rings (SSSR count). The molecule has 0 amide bonds. The van der Waals surface area contributed by atoms with Crippen LogP contribution < -0.4 is 16.1 Å². The summed E-state index contributed by atoms with van der Waals surface area (Å²) < 4.78 is 32.1. The van der Waals surface area contributed by atoms with Crippen molar-refractivity contribution >= 4 is 28.4 Å². The van der Waals surface area contributed by atoms with E-state index in [4.69, 9.17) is 5.73 Å². The van der Waals surface area contributed by atoms with Crippen molar-refractivity contribution < 1.29 is 18.7 Å². The van der Waals surface area contributed by atoms with E-state index in [0.29, 0.717) is 18.7 Å². The molecule has 1 atom stereocenters. The lowest BCUT2D eigenvalue weighted by Crippen LogP contribution is -2.24. The van der Waals surface area contributed by atoms with Gasteiger partial charge >= 0.3 is 5.97 Å². The van der Waals surface area contributed by atoms with Crippen molar-refractivity contribution in [3.8, 4) is 0 Å². The highest BCUT2D eigenvalue weighted by molar-refractivity contribution is 5.94. The first-order valence-corrected chi connectivity index (χ1v) is 9.58. The molecule has 1 aromatic carbocycles. The Hall–Kier alpha value is -3.50. The fourth-order valence-corrected chi connectivity index (χ4v) is 4.25. The Bertz CT molecular complexity index is 1250. The van der Waals surface area contributed by atoms with Crippen LogP contribution in [0.1, 0.15) is 47.3 Å². The summed E-state index contributed by atoms with van der Waals surface area (Å²) in [6, 6.07) is 0.833. The van der Waals surface area contributed by atoms with Crippen molar-refractivity contribution in [2.45, 2.75) is 31.2 Å². The van der Waals surface area contributed by atoms with Crippen molar-refractivity contribution in [1.29, 1.82) is 0 Å². The van der Waals surface area contributed by atoms with E-state index in [0.717, 1.165) is 25.1 Å². The maximum Gasteiger partial charge on any atom is 0.341 e. The number of pyridine rings is 1. The van der Waals surface area contributed by atoms with E-state index < -0.39 is 28.6 Å². The molecule has 1 unspecified atom stereocenters. The molecule has 1 saturated heterocycles. The van der Waals surface area contributed by atoms with E-state index in [9.17, 15) is 14.7 Å². The molecule has 9 nitrogen and oxygen atoms in total. The van der Waals surface area contributed by atoms with Gasteiger partial charge in [-0.3, -0.25) is 4.79 Å². The highest BCUT2D eigenvalue weighted by atomic mass is 19.1. The van der Waals surface area contributed by atoms with Crippen LogP contribution in [0.15, 0.2) is 17.1 Å². The summed E-state index contributed by atoms with van der Waals surface area (Å²) in [4.78, 5) is 25.6. The van der Waals surface area contributed by atoms with Gasteiger partial charge in [-0.1, -0.05) is 0 Å². The van der Waals surface area contributed by atoms with Crippen molar-refractivity contribution in [3.63, 3.8) is 0 Å². The number of nitrogen functional groups attached to an aromatic ring is 1. The van der Waals surface area contributed by atoms with Gasteiger partial charge in [0.2, 0.25) is 5.43 Å². The molecule has 3 aromatic rings. The van der Waals surface area contributed by atoms with Crippen LogP contribution >= 0.6 is 0 Å². The van der Waals surface area contributed by atoms with E-state index in [1.807, 2.05) is 0 Å². The van der Waals surface area contributed by atoms with Gasteiger partial charge in [-0.05, 0) is 25.3 Å². The summed E-state index contributed by atoms with van der Waals surface area (Å²) in [5.41, 5.74) is 4.67. The summed E-state index contributed by atoms with van der Waals surface area (Å²) in [5, 5.41) is 19.3. The second-order valence-corrected chi connectivity index (χ2v) is 7.76. The van der Waals surface area contributed by atoms with Crippen LogP contribution in [-0.4, -0.2) is 44.1 Å². The van der Waals surface area contributed by atoms with Gasteiger partial charge in [-0.25, -0.2) is 13.6 Å². The number of carboxylic acid groups (broad SMARTS) is 1. The Morgan fingerprint density at radius 1 is 1.27 bits per heavy atom. The molecular formula is C19H18F2N6O3. The maximum atomic E-state index is 15.6. The second kappa shape index (κ2) is 6.51. The van der Waals surface area contributed by atoms with Crippen LogP contribution in [0, 0.1) is 11.6 Å². The number of aromatic carboxylic acids is 1. The van der Waals surface area contributed by atoms with Crippen molar-refractivity contribution in [2.24, 2.45) is 0 Å². The lowest BCUT2D eigenvalue weighted by atomic mass is 10.1. The van der Waals surface area contributed by atoms with Gasteiger partial charge in [0.1, 0.15) is 22.8 Å². The average Bonchev–Trinajstić information content (AvgIpc) is 3.28. The Labute approximate surface area is 168 Å². The van der Waals surface area contributed by atoms with Crippen LogP contribution in [0.25, 0.3) is 10.9 Å². The molecule has 3 heterocycles. The molecule has 1 saturated carbocycles. The Morgan fingerprint density at radius 2 is 2.03 bits per heavy atom. The van der Waals surface area contributed by atoms with Crippen LogP contribution in [0.3, 0.4) is 0 Å². The third-order valence-electron chi connectivity index (χ3n) is 5.85. The molecule has 4 N–H and O–H groups in total. The van der Waals surface area contributed by atoms with Gasteiger partial charge in [0.25, 0.3) is 0 Å². The van der Waals surface area contributed by atoms with Crippen LogP contribution in [-0.2, 0) is 0 Å². The smallest absolute Gasteiger partial charge is 0.341 e. The number of carboxylic acids is 1. The van der Waals surface area contributed by atoms with Crippen molar-refractivity contribution in [2.75, 3.05) is 23.7 Å². The SMILES string of the molecule is Nc1n[nH]nc1C1CCN(c2c(F)cc3c(=O)c(C(=O)O)cn(C4CC4)c3c2F)C1. The van der Waals surface area contributed by atoms with Gasteiger partial charge < -0.3 is 20.3 Å². The summed E-state index contributed by atoms with van der Waals surface area (Å²) >= 11 is 0. The van der Waals surface area contributed by atoms with Gasteiger partial charge in [0, 0.05) is 31.2 Å². The minimum atomic E-state index is -1.42. The molecule has 2 aromatic heterocycles. The van der Waals surface area contributed by atoms with E-state index >= 15 is 8.78 Å². The monoisotopic (exact) mass is 416 g/mol. The standard InChI is InChI=1S/C19H18F2N6O3/c20-12-5-10-15(27(9-1-2-9)7-11(17(10)28)19(29)30)13(21)16(12)26-4-3-8(6-26)14-18(22)24-25-23-14/h5,7-9H,1-4,6H2,(H,29,30)(H3,22,23,24,25). The molecular weight excluding hydrogens is 398 g/mol. The van der Waals surface area contributed by atoms with Crippen LogP contribution in [0.4, 0.5) is 20.3 Å². The van der Waals surface area contributed by atoms with Gasteiger partial charge in [-0.2, -0.15) is 10.3 Å². The first kappa shape index (κ1) is 18.5. The lowest BCUT2D eigenvalue weighted by Gasteiger charge is -2.22. The molecule has 0 radical (unpaired) electrons. The normalized spacial score (nSPS) is 19.0. The zero-order chi connectivity index (χ0) is 21.2. The largest absolute Gasteiger partial charge is 0.477 e. The molecule has 156 valence electrons. The summed E-state index contributed by atoms with van der Waals surface area (Å²) in [5.74, 6) is -3.08. The number of H-pyrrole nitrogens is 1. The van der Waals surface area contributed by atoms with Crippen molar-refractivity contribution in [1.82, 2.24) is 20.0 Å². The molecule has 1 aliphatic carbocycles. The Kier molecular flexibility index (Phi) is 4.02.